The highest BCUT2D eigenvalue weighted by Gasteiger charge is 2.04. The number of hydrogen-bond acceptors (Lipinski definition) is 2. The molecule has 0 aliphatic heterocycles. The molecular formula is C14H9ClN2. The highest BCUT2D eigenvalue weighted by atomic mass is 35.5. The van der Waals surface area contributed by atoms with Crippen LogP contribution in [0.15, 0.2) is 54.9 Å². The van der Waals surface area contributed by atoms with Gasteiger partial charge in [-0.15, -0.1) is 0 Å². The predicted octanol–water partition coefficient (Wildman–Crippen LogP) is 3.95. The van der Waals surface area contributed by atoms with E-state index in [1.807, 2.05) is 36.5 Å². The van der Waals surface area contributed by atoms with E-state index in [1.54, 1.807) is 12.3 Å². The van der Waals surface area contributed by atoms with Gasteiger partial charge in [-0.1, -0.05) is 35.9 Å². The second kappa shape index (κ2) is 4.15. The second-order valence-corrected chi connectivity index (χ2v) is 4.14. The van der Waals surface area contributed by atoms with Crippen LogP contribution < -0.4 is 0 Å². The van der Waals surface area contributed by atoms with Crippen LogP contribution in [0.4, 0.5) is 0 Å². The Labute approximate surface area is 104 Å². The van der Waals surface area contributed by atoms with Crippen molar-refractivity contribution in [2.45, 2.75) is 0 Å². The third-order valence-electron chi connectivity index (χ3n) is 2.67. The predicted molar refractivity (Wildman–Crippen MR) is 70.0 cm³/mol. The maximum atomic E-state index is 5.92. The molecule has 0 spiro atoms. The van der Waals surface area contributed by atoms with Gasteiger partial charge < -0.3 is 0 Å². The summed E-state index contributed by atoms with van der Waals surface area (Å²) in [4.78, 5) is 8.49. The van der Waals surface area contributed by atoms with Crippen molar-refractivity contribution in [2.24, 2.45) is 0 Å². The summed E-state index contributed by atoms with van der Waals surface area (Å²) in [6, 6.07) is 13.7. The molecule has 0 atom stereocenters. The van der Waals surface area contributed by atoms with Gasteiger partial charge in [-0.2, -0.15) is 0 Å². The molecule has 0 bridgehead atoms. The van der Waals surface area contributed by atoms with Gasteiger partial charge in [0.15, 0.2) is 0 Å². The van der Waals surface area contributed by atoms with Gasteiger partial charge in [0.05, 0.1) is 5.69 Å². The number of hydrogen-bond donors (Lipinski definition) is 0. The summed E-state index contributed by atoms with van der Waals surface area (Å²) in [5.74, 6) is 0. The van der Waals surface area contributed by atoms with Crippen LogP contribution in [0, 0.1) is 0 Å². The molecule has 82 valence electrons. The van der Waals surface area contributed by atoms with E-state index in [1.165, 1.54) is 0 Å². The molecule has 17 heavy (non-hydrogen) atoms. The molecule has 2 aromatic heterocycles. The van der Waals surface area contributed by atoms with Gasteiger partial charge in [0, 0.05) is 23.3 Å². The molecule has 2 nitrogen and oxygen atoms in total. The quantitative estimate of drug-likeness (QED) is 0.602. The number of aromatic nitrogens is 2. The first kappa shape index (κ1) is 10.2. The number of fused-ring (bicyclic) bond motifs is 1. The Morgan fingerprint density at radius 2 is 1.82 bits per heavy atom. The van der Waals surface area contributed by atoms with Gasteiger partial charge in [-0.3, -0.25) is 4.98 Å². The van der Waals surface area contributed by atoms with Gasteiger partial charge in [0.2, 0.25) is 0 Å². The van der Waals surface area contributed by atoms with Crippen molar-refractivity contribution in [3.63, 3.8) is 0 Å². The van der Waals surface area contributed by atoms with Crippen molar-refractivity contribution in [2.75, 3.05) is 0 Å². The molecule has 0 radical (unpaired) electrons. The lowest BCUT2D eigenvalue weighted by molar-refractivity contribution is 1.32. The Kier molecular flexibility index (Phi) is 2.50. The van der Waals surface area contributed by atoms with Crippen LogP contribution in [0.2, 0.25) is 5.15 Å². The van der Waals surface area contributed by atoms with E-state index < -0.39 is 0 Å². The lowest BCUT2D eigenvalue weighted by atomic mass is 10.0. The lowest BCUT2D eigenvalue weighted by Gasteiger charge is -2.05. The SMILES string of the molecule is Clc1cccc(-c2cccc3ccncc23)n1. The fourth-order valence-corrected chi connectivity index (χ4v) is 2.06. The Morgan fingerprint density at radius 3 is 2.71 bits per heavy atom. The van der Waals surface area contributed by atoms with Crippen molar-refractivity contribution < 1.29 is 0 Å². The fourth-order valence-electron chi connectivity index (χ4n) is 1.90. The number of pyridine rings is 2. The van der Waals surface area contributed by atoms with Crippen LogP contribution >= 0.6 is 11.6 Å². The van der Waals surface area contributed by atoms with Crippen molar-refractivity contribution in [1.82, 2.24) is 9.97 Å². The zero-order valence-corrected chi connectivity index (χ0v) is 9.72. The van der Waals surface area contributed by atoms with E-state index in [2.05, 4.69) is 16.0 Å². The summed E-state index contributed by atoms with van der Waals surface area (Å²) < 4.78 is 0. The van der Waals surface area contributed by atoms with Gasteiger partial charge >= 0.3 is 0 Å². The van der Waals surface area contributed by atoms with Gasteiger partial charge in [-0.25, -0.2) is 4.98 Å². The molecule has 0 saturated heterocycles. The zero-order valence-electron chi connectivity index (χ0n) is 8.97. The minimum Gasteiger partial charge on any atom is -0.264 e. The molecule has 0 aliphatic rings. The van der Waals surface area contributed by atoms with E-state index in [-0.39, 0.29) is 0 Å². The van der Waals surface area contributed by atoms with Crippen LogP contribution in [-0.2, 0) is 0 Å². The van der Waals surface area contributed by atoms with Gasteiger partial charge in [-0.05, 0) is 23.6 Å². The summed E-state index contributed by atoms with van der Waals surface area (Å²) in [6.07, 6.45) is 3.64. The van der Waals surface area contributed by atoms with E-state index >= 15 is 0 Å². The first-order valence-electron chi connectivity index (χ1n) is 5.30. The standard InChI is InChI=1S/C14H9ClN2/c15-14-6-2-5-13(17-14)11-4-1-3-10-7-8-16-9-12(10)11/h1-9H. The van der Waals surface area contributed by atoms with E-state index in [0.29, 0.717) is 5.15 Å². The Balaban J connectivity index is 2.30. The number of rotatable bonds is 1. The average molecular weight is 241 g/mol. The molecule has 0 unspecified atom stereocenters. The average Bonchev–Trinajstić information content (AvgIpc) is 2.38. The van der Waals surface area contributed by atoms with Crippen molar-refractivity contribution >= 4 is 22.4 Å². The minimum atomic E-state index is 0.503. The number of nitrogens with zero attached hydrogens (tertiary/aromatic N) is 2. The lowest BCUT2D eigenvalue weighted by Crippen LogP contribution is -1.86. The van der Waals surface area contributed by atoms with E-state index in [4.69, 9.17) is 11.6 Å². The molecule has 1 aromatic carbocycles. The Bertz CT molecular complexity index is 674. The van der Waals surface area contributed by atoms with Gasteiger partial charge in [0.1, 0.15) is 5.15 Å². The molecule has 3 aromatic rings. The molecule has 3 heteroatoms. The Hall–Kier alpha value is -1.93. The second-order valence-electron chi connectivity index (χ2n) is 3.75. The summed E-state index contributed by atoms with van der Waals surface area (Å²) >= 11 is 5.92. The van der Waals surface area contributed by atoms with Crippen LogP contribution in [0.3, 0.4) is 0 Å². The number of halogens is 1. The number of benzene rings is 1. The largest absolute Gasteiger partial charge is 0.264 e. The molecule has 0 amide bonds. The minimum absolute atomic E-state index is 0.503. The third kappa shape index (κ3) is 1.87. The molecule has 2 heterocycles. The first-order valence-corrected chi connectivity index (χ1v) is 5.68. The maximum Gasteiger partial charge on any atom is 0.129 e. The molecular weight excluding hydrogens is 232 g/mol. The first-order chi connectivity index (χ1) is 8.34. The monoisotopic (exact) mass is 240 g/mol. The van der Waals surface area contributed by atoms with Crippen LogP contribution in [0.25, 0.3) is 22.0 Å². The van der Waals surface area contributed by atoms with Crippen molar-refractivity contribution in [3.8, 4) is 11.3 Å². The highest BCUT2D eigenvalue weighted by molar-refractivity contribution is 6.29. The summed E-state index contributed by atoms with van der Waals surface area (Å²) in [5, 5.41) is 2.74. The molecule has 3 rings (SSSR count). The van der Waals surface area contributed by atoms with E-state index in [0.717, 1.165) is 22.0 Å². The third-order valence-corrected chi connectivity index (χ3v) is 2.89. The fraction of sp³-hybridized carbons (Fsp3) is 0. The molecule has 0 N–H and O–H groups in total. The zero-order chi connectivity index (χ0) is 11.7. The summed E-state index contributed by atoms with van der Waals surface area (Å²) in [6.45, 7) is 0. The van der Waals surface area contributed by atoms with Crippen LogP contribution in [0.5, 0.6) is 0 Å². The van der Waals surface area contributed by atoms with Crippen LogP contribution in [0.1, 0.15) is 0 Å². The van der Waals surface area contributed by atoms with Crippen molar-refractivity contribution in [1.29, 1.82) is 0 Å². The smallest absolute Gasteiger partial charge is 0.129 e. The molecule has 0 fully saturated rings. The van der Waals surface area contributed by atoms with Crippen LogP contribution in [-0.4, -0.2) is 9.97 Å². The molecule has 0 saturated carbocycles. The highest BCUT2D eigenvalue weighted by Crippen LogP contribution is 2.27. The van der Waals surface area contributed by atoms with E-state index in [9.17, 15) is 0 Å². The topological polar surface area (TPSA) is 25.8 Å². The van der Waals surface area contributed by atoms with Gasteiger partial charge in [0.25, 0.3) is 0 Å². The normalized spacial score (nSPS) is 10.6. The van der Waals surface area contributed by atoms with Crippen molar-refractivity contribution in [3.05, 3.63) is 60.0 Å². The Morgan fingerprint density at radius 1 is 0.941 bits per heavy atom. The maximum absolute atomic E-state index is 5.92. The molecule has 0 aliphatic carbocycles. The summed E-state index contributed by atoms with van der Waals surface area (Å²) in [5.41, 5.74) is 1.93. The summed E-state index contributed by atoms with van der Waals surface area (Å²) in [7, 11) is 0.